The van der Waals surface area contributed by atoms with Crippen LogP contribution < -0.4 is 0 Å². The fourth-order valence-corrected chi connectivity index (χ4v) is 3.82. The highest BCUT2D eigenvalue weighted by molar-refractivity contribution is 6.11. The number of benzene rings is 1. The van der Waals surface area contributed by atoms with Crippen LogP contribution in [0.1, 0.15) is 64.7 Å². The van der Waals surface area contributed by atoms with Gasteiger partial charge in [0.1, 0.15) is 0 Å². The van der Waals surface area contributed by atoms with E-state index in [-0.39, 0.29) is 63.3 Å². The summed E-state index contributed by atoms with van der Waals surface area (Å²) in [4.78, 5) is 13.5. The van der Waals surface area contributed by atoms with E-state index in [1.807, 2.05) is 27.7 Å². The van der Waals surface area contributed by atoms with Gasteiger partial charge in [-0.3, -0.25) is 4.79 Å². The molecular weight excluding hydrogens is 298 g/mol. The second kappa shape index (κ2) is 5.73. The SMILES string of the molecule is [2H]c1c([2H])c([2H])c2c(c1[2H])c(C(=O)C1C(C)(C)C1(C)C)c([2H])n2CCCC(C)O. The van der Waals surface area contributed by atoms with Gasteiger partial charge in [0.25, 0.3) is 0 Å². The maximum absolute atomic E-state index is 13.5. The van der Waals surface area contributed by atoms with Crippen molar-refractivity contribution in [3.8, 4) is 0 Å². The van der Waals surface area contributed by atoms with E-state index in [0.29, 0.717) is 19.4 Å². The number of nitrogens with zero attached hydrogens (tertiary/aromatic N) is 1. The molecule has 1 aliphatic rings. The third kappa shape index (κ3) is 2.59. The minimum atomic E-state index is -0.506. The topological polar surface area (TPSA) is 42.2 Å². The summed E-state index contributed by atoms with van der Waals surface area (Å²) in [7, 11) is 0. The number of ketones is 1. The molecule has 1 aromatic carbocycles. The van der Waals surface area contributed by atoms with Crippen molar-refractivity contribution in [3.63, 3.8) is 0 Å². The second-order valence-electron chi connectivity index (χ2n) is 8.09. The van der Waals surface area contributed by atoms with Crippen molar-refractivity contribution >= 4 is 16.7 Å². The molecule has 3 rings (SSSR count). The number of fused-ring (bicyclic) bond motifs is 1. The van der Waals surface area contributed by atoms with Crippen molar-refractivity contribution in [3.05, 3.63) is 35.9 Å². The van der Waals surface area contributed by atoms with Gasteiger partial charge in [0.2, 0.25) is 0 Å². The number of aryl methyl sites for hydroxylation is 1. The molecule has 24 heavy (non-hydrogen) atoms. The zero-order valence-electron chi connectivity index (χ0n) is 20.1. The molecule has 0 radical (unpaired) electrons. The normalized spacial score (nSPS) is 23.2. The lowest BCUT2D eigenvalue weighted by Crippen LogP contribution is -2.07. The molecule has 1 heterocycles. The van der Waals surface area contributed by atoms with Crippen molar-refractivity contribution in [2.45, 2.75) is 60.1 Å². The van der Waals surface area contributed by atoms with Gasteiger partial charge in [-0.05, 0) is 36.6 Å². The predicted octanol–water partition coefficient (Wildman–Crippen LogP) is 4.67. The van der Waals surface area contributed by atoms with Crippen LogP contribution in [0.4, 0.5) is 0 Å². The van der Waals surface area contributed by atoms with Gasteiger partial charge in [0.05, 0.1) is 13.0 Å². The van der Waals surface area contributed by atoms with Crippen molar-refractivity contribution in [2.24, 2.45) is 16.7 Å². The molecule has 2 aromatic rings. The number of rotatable bonds is 6. The standard InChI is InChI=1S/C21H29NO2/c1-14(23)9-8-12-22-13-16(15-10-6-7-11-17(15)22)18(24)19-20(2,3)21(19,4)5/h6-7,10-11,13-14,19,23H,8-9,12H2,1-5H3/i6D,7D,10D,11D,13D. The highest BCUT2D eigenvalue weighted by atomic mass is 16.3. The molecule has 0 aliphatic heterocycles. The highest BCUT2D eigenvalue weighted by Gasteiger charge is 2.68. The molecule has 1 fully saturated rings. The third-order valence-corrected chi connectivity index (χ3v) is 5.97. The summed E-state index contributed by atoms with van der Waals surface area (Å²) in [6.07, 6.45) is 0.454. The zero-order valence-corrected chi connectivity index (χ0v) is 15.1. The molecule has 3 nitrogen and oxygen atoms in total. The molecule has 1 aromatic heterocycles. The average molecular weight is 332 g/mol. The lowest BCUT2D eigenvalue weighted by Gasteiger charge is -2.06. The molecule has 1 aliphatic carbocycles. The van der Waals surface area contributed by atoms with Gasteiger partial charge in [0.15, 0.2) is 5.78 Å². The average Bonchev–Trinajstić information content (AvgIpc) is 2.87. The Morgan fingerprint density at radius 2 is 1.92 bits per heavy atom. The van der Waals surface area contributed by atoms with Crippen LogP contribution in [0, 0.1) is 16.7 Å². The molecule has 1 atom stereocenters. The van der Waals surface area contributed by atoms with E-state index in [4.69, 9.17) is 6.85 Å². The van der Waals surface area contributed by atoms with Gasteiger partial charge in [0, 0.05) is 35.1 Å². The molecule has 3 heteroatoms. The Morgan fingerprint density at radius 3 is 2.50 bits per heavy atom. The lowest BCUT2D eigenvalue weighted by molar-refractivity contribution is 0.0946. The van der Waals surface area contributed by atoms with Gasteiger partial charge in [-0.2, -0.15) is 0 Å². The number of Topliss-reactive ketones (excluding diaryl/α,β-unsaturated/α-hetero) is 1. The number of carbonyl (C=O) groups excluding carboxylic acids is 1. The molecule has 1 saturated carbocycles. The van der Waals surface area contributed by atoms with Crippen molar-refractivity contribution in [2.75, 3.05) is 0 Å². The Kier molecular flexibility index (Phi) is 2.83. The summed E-state index contributed by atoms with van der Waals surface area (Å²) in [5, 5.41) is 9.69. The van der Waals surface area contributed by atoms with Crippen molar-refractivity contribution in [1.29, 1.82) is 0 Å². The Labute approximate surface area is 151 Å². The summed E-state index contributed by atoms with van der Waals surface area (Å²) in [6.45, 7) is 10.0. The summed E-state index contributed by atoms with van der Waals surface area (Å²) in [6, 6.07) is -1.28. The Balaban J connectivity index is 2.25. The van der Waals surface area contributed by atoms with Crippen molar-refractivity contribution in [1.82, 2.24) is 4.57 Å². The van der Waals surface area contributed by atoms with Crippen LogP contribution in [0.15, 0.2) is 30.3 Å². The number of aliphatic hydroxyl groups excluding tert-OH is 1. The molecule has 0 bridgehead atoms. The molecule has 130 valence electrons. The minimum Gasteiger partial charge on any atom is -0.393 e. The minimum absolute atomic E-state index is 0.0684. The third-order valence-electron chi connectivity index (χ3n) is 5.97. The van der Waals surface area contributed by atoms with E-state index in [9.17, 15) is 9.90 Å². The summed E-state index contributed by atoms with van der Waals surface area (Å²) in [5.74, 6) is -0.539. The number of hydrogen-bond acceptors (Lipinski definition) is 2. The first-order valence-electron chi connectivity index (χ1n) is 11.1. The zero-order chi connectivity index (χ0) is 22.0. The van der Waals surface area contributed by atoms with E-state index in [2.05, 4.69) is 0 Å². The van der Waals surface area contributed by atoms with Crippen LogP contribution in [0.5, 0.6) is 0 Å². The number of aliphatic hydroxyl groups is 1. The highest BCUT2D eigenvalue weighted by Crippen LogP contribution is 2.69. The molecule has 1 N–H and O–H groups in total. The first-order valence-corrected chi connectivity index (χ1v) is 8.58. The lowest BCUT2D eigenvalue weighted by atomic mass is 10.0. The van der Waals surface area contributed by atoms with E-state index in [0.717, 1.165) is 0 Å². The van der Waals surface area contributed by atoms with E-state index in [1.165, 1.54) is 4.57 Å². The molecule has 0 spiro atoms. The fourth-order valence-electron chi connectivity index (χ4n) is 3.82. The van der Waals surface area contributed by atoms with Crippen LogP contribution in [0.25, 0.3) is 10.9 Å². The van der Waals surface area contributed by atoms with Crippen LogP contribution >= 0.6 is 0 Å². The second-order valence-corrected chi connectivity index (χ2v) is 8.09. The van der Waals surface area contributed by atoms with Crippen LogP contribution in [-0.2, 0) is 6.54 Å². The molecule has 1 unspecified atom stereocenters. The van der Waals surface area contributed by atoms with E-state index in [1.54, 1.807) is 6.92 Å². The van der Waals surface area contributed by atoms with Gasteiger partial charge >= 0.3 is 0 Å². The molecule has 0 saturated heterocycles. The monoisotopic (exact) mass is 332 g/mol. The number of carbonyl (C=O) groups is 1. The van der Waals surface area contributed by atoms with Crippen LogP contribution in [0.2, 0.25) is 0 Å². The largest absolute Gasteiger partial charge is 0.393 e. The number of aromatic nitrogens is 1. The first-order chi connectivity index (χ1) is 13.3. The summed E-state index contributed by atoms with van der Waals surface area (Å²) in [5.41, 5.74) is -0.205. The summed E-state index contributed by atoms with van der Waals surface area (Å²) >= 11 is 0. The van der Waals surface area contributed by atoms with Gasteiger partial charge in [-0.15, -0.1) is 0 Å². The maximum atomic E-state index is 13.5. The van der Waals surface area contributed by atoms with E-state index >= 15 is 0 Å². The molecular formula is C21H29NO2. The Morgan fingerprint density at radius 1 is 1.29 bits per heavy atom. The van der Waals surface area contributed by atoms with Crippen LogP contribution in [-0.4, -0.2) is 21.6 Å². The van der Waals surface area contributed by atoms with Gasteiger partial charge in [-0.25, -0.2) is 0 Å². The number of para-hydroxylation sites is 1. The quantitative estimate of drug-likeness (QED) is 0.781. The maximum Gasteiger partial charge on any atom is 0.169 e. The smallest absolute Gasteiger partial charge is 0.169 e. The first kappa shape index (κ1) is 11.9. The van der Waals surface area contributed by atoms with Crippen LogP contribution in [0.3, 0.4) is 0 Å². The Hall–Kier alpha value is -1.61. The fraction of sp³-hybridized carbons (Fsp3) is 0.571. The predicted molar refractivity (Wildman–Crippen MR) is 98.2 cm³/mol. The summed E-state index contributed by atoms with van der Waals surface area (Å²) < 4.78 is 43.0. The van der Waals surface area contributed by atoms with E-state index < -0.39 is 12.1 Å². The number of hydrogen-bond donors (Lipinski definition) is 1. The Bertz CT molecular complexity index is 993. The van der Waals surface area contributed by atoms with Crippen molar-refractivity contribution < 1.29 is 16.8 Å². The van der Waals surface area contributed by atoms with Gasteiger partial charge < -0.3 is 9.67 Å². The van der Waals surface area contributed by atoms with Gasteiger partial charge in [-0.1, -0.05) is 45.8 Å². The molecule has 0 amide bonds.